The van der Waals surface area contributed by atoms with Gasteiger partial charge in [0.1, 0.15) is 5.75 Å². The van der Waals surface area contributed by atoms with Crippen LogP contribution in [0.15, 0.2) is 23.4 Å². The Balaban J connectivity index is 0.00000256. The molecule has 17 heavy (non-hydrogen) atoms. The summed E-state index contributed by atoms with van der Waals surface area (Å²) in [6.07, 6.45) is -0.0738. The van der Waals surface area contributed by atoms with Crippen molar-refractivity contribution < 1.29 is 25.7 Å². The number of phenolic OH excluding ortho intramolecular Hbond substituents is 1. The van der Waals surface area contributed by atoms with Gasteiger partial charge in [-0.1, -0.05) is 16.8 Å². The van der Waals surface area contributed by atoms with Gasteiger partial charge in [-0.2, -0.15) is 0 Å². The van der Waals surface area contributed by atoms with E-state index in [1.165, 1.54) is 6.07 Å². The summed E-state index contributed by atoms with van der Waals surface area (Å²) < 4.78 is 0. The van der Waals surface area contributed by atoms with Crippen LogP contribution >= 0.6 is 0 Å². The van der Waals surface area contributed by atoms with Gasteiger partial charge in [-0.05, 0) is 19.1 Å². The zero-order valence-corrected chi connectivity index (χ0v) is 9.34. The normalized spacial score (nSPS) is 10.8. The van der Waals surface area contributed by atoms with Crippen molar-refractivity contribution in [2.75, 3.05) is 0 Å². The van der Waals surface area contributed by atoms with Crippen LogP contribution in [0.5, 0.6) is 5.75 Å². The summed E-state index contributed by atoms with van der Waals surface area (Å²) in [6, 6.07) is 4.84. The first-order chi connectivity index (χ1) is 7.54. The van der Waals surface area contributed by atoms with Gasteiger partial charge < -0.3 is 20.9 Å². The lowest BCUT2D eigenvalue weighted by molar-refractivity contribution is -0.136. The van der Waals surface area contributed by atoms with E-state index in [9.17, 15) is 9.90 Å². The van der Waals surface area contributed by atoms with E-state index in [-0.39, 0.29) is 29.8 Å². The lowest BCUT2D eigenvalue weighted by atomic mass is 10.0. The maximum absolute atomic E-state index is 10.4. The van der Waals surface area contributed by atoms with Gasteiger partial charge in [0.15, 0.2) is 0 Å². The number of hydrogen-bond acceptors (Lipinski definition) is 4. The predicted molar refractivity (Wildman–Crippen MR) is 61.7 cm³/mol. The fourth-order valence-electron chi connectivity index (χ4n) is 1.34. The van der Waals surface area contributed by atoms with Crippen LogP contribution in [-0.2, 0) is 4.79 Å². The van der Waals surface area contributed by atoms with Crippen LogP contribution in [0.2, 0.25) is 0 Å². The molecular formula is C11H15NO5. The molecule has 0 saturated carbocycles. The van der Waals surface area contributed by atoms with Crippen LogP contribution in [0.3, 0.4) is 0 Å². The van der Waals surface area contributed by atoms with Crippen LogP contribution in [0, 0.1) is 6.92 Å². The number of oxime groups is 1. The summed E-state index contributed by atoms with van der Waals surface area (Å²) in [5.41, 5.74) is 1.43. The molecule has 0 bridgehead atoms. The second-order valence-corrected chi connectivity index (χ2v) is 3.46. The fraction of sp³-hybridized carbons (Fsp3) is 0.273. The second kappa shape index (κ2) is 6.49. The Hall–Kier alpha value is -2.08. The van der Waals surface area contributed by atoms with Crippen molar-refractivity contribution in [3.8, 4) is 5.75 Å². The third kappa shape index (κ3) is 4.12. The summed E-state index contributed by atoms with van der Waals surface area (Å²) in [5.74, 6) is -1.00. The van der Waals surface area contributed by atoms with E-state index < -0.39 is 5.97 Å². The Labute approximate surface area is 98.1 Å². The topological polar surface area (TPSA) is 122 Å². The third-order valence-corrected chi connectivity index (χ3v) is 2.16. The number of carboxylic acids is 1. The van der Waals surface area contributed by atoms with Crippen molar-refractivity contribution in [3.05, 3.63) is 29.3 Å². The molecule has 6 nitrogen and oxygen atoms in total. The van der Waals surface area contributed by atoms with E-state index >= 15 is 0 Å². The number of phenols is 1. The number of aryl methyl sites for hydroxylation is 1. The molecule has 0 spiro atoms. The summed E-state index contributed by atoms with van der Waals surface area (Å²) in [4.78, 5) is 10.4. The van der Waals surface area contributed by atoms with Crippen LogP contribution in [-0.4, -0.2) is 32.6 Å². The monoisotopic (exact) mass is 241 g/mol. The highest BCUT2D eigenvalue weighted by Gasteiger charge is 2.11. The number of carboxylic acid groups (broad SMARTS) is 1. The molecule has 0 unspecified atom stereocenters. The smallest absolute Gasteiger partial charge is 0.303 e. The zero-order valence-electron chi connectivity index (χ0n) is 9.34. The minimum Gasteiger partial charge on any atom is -0.507 e. The first kappa shape index (κ1) is 14.9. The maximum Gasteiger partial charge on any atom is 0.303 e. The van der Waals surface area contributed by atoms with Gasteiger partial charge in [-0.15, -0.1) is 0 Å². The Morgan fingerprint density at radius 2 is 2.00 bits per heavy atom. The molecule has 1 aromatic carbocycles. The Bertz CT molecular complexity index is 428. The summed E-state index contributed by atoms with van der Waals surface area (Å²) >= 11 is 0. The van der Waals surface area contributed by atoms with E-state index in [1.807, 2.05) is 6.92 Å². The molecule has 0 radical (unpaired) electrons. The minimum atomic E-state index is -0.978. The molecule has 6 heteroatoms. The van der Waals surface area contributed by atoms with Crippen molar-refractivity contribution in [2.45, 2.75) is 19.8 Å². The molecule has 0 aliphatic heterocycles. The fourth-order valence-corrected chi connectivity index (χ4v) is 1.34. The van der Waals surface area contributed by atoms with Crippen LogP contribution < -0.4 is 0 Å². The van der Waals surface area contributed by atoms with Gasteiger partial charge >= 0.3 is 5.97 Å². The molecule has 0 amide bonds. The van der Waals surface area contributed by atoms with Crippen LogP contribution in [0.25, 0.3) is 0 Å². The molecule has 0 aliphatic carbocycles. The SMILES string of the molecule is Cc1ccc(O)c(/C(CCC(=O)O)=N/O)c1.O. The highest BCUT2D eigenvalue weighted by Crippen LogP contribution is 2.20. The van der Waals surface area contributed by atoms with Gasteiger partial charge in [0.2, 0.25) is 0 Å². The predicted octanol–water partition coefficient (Wildman–Crippen LogP) is 0.919. The molecule has 5 N–H and O–H groups in total. The molecular weight excluding hydrogens is 226 g/mol. The molecule has 0 fully saturated rings. The quantitative estimate of drug-likeness (QED) is 0.412. The standard InChI is InChI=1S/C11H13NO4.H2O/c1-7-2-4-10(13)8(6-7)9(12-16)3-5-11(14)15;/h2,4,6,13,16H,3,5H2,1H3,(H,14,15);1H2/b12-9+;. The van der Waals surface area contributed by atoms with E-state index in [4.69, 9.17) is 10.3 Å². The number of nitrogens with zero attached hydrogens (tertiary/aromatic N) is 1. The average molecular weight is 241 g/mol. The Morgan fingerprint density at radius 3 is 2.53 bits per heavy atom. The van der Waals surface area contributed by atoms with Crippen molar-refractivity contribution in [1.82, 2.24) is 0 Å². The zero-order chi connectivity index (χ0) is 12.1. The highest BCUT2D eigenvalue weighted by atomic mass is 16.4. The molecule has 1 rings (SSSR count). The highest BCUT2D eigenvalue weighted by molar-refractivity contribution is 6.03. The number of aliphatic carboxylic acids is 1. The third-order valence-electron chi connectivity index (χ3n) is 2.16. The minimum absolute atomic E-state index is 0. The number of hydrogen-bond donors (Lipinski definition) is 3. The lowest BCUT2D eigenvalue weighted by Crippen LogP contribution is -2.06. The van der Waals surface area contributed by atoms with Crippen molar-refractivity contribution in [1.29, 1.82) is 0 Å². The summed E-state index contributed by atoms with van der Waals surface area (Å²) in [5, 5.41) is 29.9. The molecule has 0 aromatic heterocycles. The number of benzene rings is 1. The summed E-state index contributed by atoms with van der Waals surface area (Å²) in [6.45, 7) is 1.83. The number of carbonyl (C=O) groups is 1. The van der Waals surface area contributed by atoms with Gasteiger partial charge in [-0.25, -0.2) is 0 Å². The van der Waals surface area contributed by atoms with Crippen molar-refractivity contribution in [2.24, 2.45) is 5.16 Å². The van der Waals surface area contributed by atoms with Crippen LogP contribution in [0.1, 0.15) is 24.0 Å². The van der Waals surface area contributed by atoms with Gasteiger partial charge in [-0.3, -0.25) is 4.79 Å². The molecule has 0 saturated heterocycles. The molecule has 0 aliphatic rings. The van der Waals surface area contributed by atoms with Gasteiger partial charge in [0.05, 0.1) is 12.1 Å². The maximum atomic E-state index is 10.4. The first-order valence-electron chi connectivity index (χ1n) is 4.77. The Kier molecular flexibility index (Phi) is 5.70. The van der Waals surface area contributed by atoms with Gasteiger partial charge in [0.25, 0.3) is 0 Å². The first-order valence-corrected chi connectivity index (χ1v) is 4.77. The molecule has 0 heterocycles. The van der Waals surface area contributed by atoms with Gasteiger partial charge in [0, 0.05) is 12.0 Å². The Morgan fingerprint density at radius 1 is 1.35 bits per heavy atom. The molecule has 0 atom stereocenters. The van der Waals surface area contributed by atoms with E-state index in [0.717, 1.165) is 5.56 Å². The van der Waals surface area contributed by atoms with E-state index in [2.05, 4.69) is 5.16 Å². The summed E-state index contributed by atoms with van der Waals surface area (Å²) in [7, 11) is 0. The number of rotatable bonds is 4. The van der Waals surface area contributed by atoms with Crippen molar-refractivity contribution in [3.63, 3.8) is 0 Å². The molecule has 94 valence electrons. The lowest BCUT2D eigenvalue weighted by Gasteiger charge is -2.06. The largest absolute Gasteiger partial charge is 0.507 e. The van der Waals surface area contributed by atoms with Crippen LogP contribution in [0.4, 0.5) is 0 Å². The number of aromatic hydroxyl groups is 1. The average Bonchev–Trinajstić information content (AvgIpc) is 2.23. The second-order valence-electron chi connectivity index (χ2n) is 3.46. The van der Waals surface area contributed by atoms with E-state index in [0.29, 0.717) is 5.56 Å². The van der Waals surface area contributed by atoms with E-state index in [1.54, 1.807) is 12.1 Å². The van der Waals surface area contributed by atoms with Crippen molar-refractivity contribution >= 4 is 11.7 Å². The molecule has 1 aromatic rings.